The van der Waals surface area contributed by atoms with Crippen molar-refractivity contribution in [1.29, 1.82) is 0 Å². The maximum Gasteiger partial charge on any atom is 0.315 e. The van der Waals surface area contributed by atoms with Crippen molar-refractivity contribution in [1.82, 2.24) is 10.6 Å². The molecule has 0 aromatic heterocycles. The third-order valence-corrected chi connectivity index (χ3v) is 4.70. The van der Waals surface area contributed by atoms with Crippen molar-refractivity contribution in [3.05, 3.63) is 35.9 Å². The molecule has 1 saturated heterocycles. The Morgan fingerprint density at radius 2 is 2.09 bits per heavy atom. The summed E-state index contributed by atoms with van der Waals surface area (Å²) < 4.78 is 11.3. The molecule has 3 rings (SSSR count). The summed E-state index contributed by atoms with van der Waals surface area (Å²) in [6.45, 7) is 1.21. The van der Waals surface area contributed by atoms with Crippen LogP contribution in [0.25, 0.3) is 0 Å². The summed E-state index contributed by atoms with van der Waals surface area (Å²) in [4.78, 5) is 12.1. The van der Waals surface area contributed by atoms with Crippen LogP contribution in [0.3, 0.4) is 0 Å². The van der Waals surface area contributed by atoms with E-state index in [-0.39, 0.29) is 18.2 Å². The molecule has 1 aromatic carbocycles. The summed E-state index contributed by atoms with van der Waals surface area (Å²) in [6.07, 6.45) is 4.58. The first kappa shape index (κ1) is 16.3. The zero-order valence-corrected chi connectivity index (χ0v) is 13.7. The summed E-state index contributed by atoms with van der Waals surface area (Å²) >= 11 is 0. The van der Waals surface area contributed by atoms with E-state index in [1.807, 2.05) is 30.3 Å². The minimum Gasteiger partial charge on any atom is -0.378 e. The zero-order valence-electron chi connectivity index (χ0n) is 13.7. The highest BCUT2D eigenvalue weighted by Gasteiger charge is 2.36. The van der Waals surface area contributed by atoms with E-state index in [0.29, 0.717) is 12.6 Å². The quantitative estimate of drug-likeness (QED) is 0.848. The molecule has 2 aliphatic rings. The van der Waals surface area contributed by atoms with Gasteiger partial charge in [0, 0.05) is 26.3 Å². The largest absolute Gasteiger partial charge is 0.378 e. The molecule has 3 atom stereocenters. The Bertz CT molecular complexity index is 504. The summed E-state index contributed by atoms with van der Waals surface area (Å²) in [5, 5.41) is 6.00. The van der Waals surface area contributed by atoms with Gasteiger partial charge in [-0.1, -0.05) is 30.3 Å². The van der Waals surface area contributed by atoms with E-state index < -0.39 is 0 Å². The zero-order chi connectivity index (χ0) is 16.1. The first-order valence-corrected chi connectivity index (χ1v) is 8.50. The molecular formula is C18H26N2O3. The normalized spacial score (nSPS) is 25.6. The van der Waals surface area contributed by atoms with Crippen LogP contribution in [0.4, 0.5) is 4.79 Å². The first-order chi connectivity index (χ1) is 11.3. The Hall–Kier alpha value is -1.59. The summed E-state index contributed by atoms with van der Waals surface area (Å²) in [5.41, 5.74) is 1.06. The average molecular weight is 318 g/mol. The van der Waals surface area contributed by atoms with Gasteiger partial charge in [-0.15, -0.1) is 0 Å². The molecular weight excluding hydrogens is 292 g/mol. The molecule has 2 fully saturated rings. The lowest BCUT2D eigenvalue weighted by molar-refractivity contribution is -0.00921. The van der Waals surface area contributed by atoms with Crippen molar-refractivity contribution in [2.24, 2.45) is 5.92 Å². The predicted octanol–water partition coefficient (Wildman–Crippen LogP) is 2.63. The molecule has 5 heteroatoms. The fraction of sp³-hybridized carbons (Fsp3) is 0.611. The fourth-order valence-corrected chi connectivity index (χ4v) is 3.18. The number of ether oxygens (including phenoxy) is 2. The minimum atomic E-state index is -0.129. The molecule has 0 radical (unpaired) electrons. The van der Waals surface area contributed by atoms with Crippen molar-refractivity contribution in [3.63, 3.8) is 0 Å². The van der Waals surface area contributed by atoms with Crippen molar-refractivity contribution >= 4 is 6.03 Å². The van der Waals surface area contributed by atoms with Gasteiger partial charge in [-0.05, 0) is 37.2 Å². The molecule has 1 aliphatic heterocycles. The van der Waals surface area contributed by atoms with Gasteiger partial charge < -0.3 is 20.1 Å². The lowest BCUT2D eigenvalue weighted by Crippen LogP contribution is -2.47. The Morgan fingerprint density at radius 1 is 1.30 bits per heavy atom. The molecule has 23 heavy (non-hydrogen) atoms. The Balaban J connectivity index is 1.43. The second-order valence-electron chi connectivity index (χ2n) is 6.46. The minimum absolute atomic E-state index is 0.121. The van der Waals surface area contributed by atoms with Crippen molar-refractivity contribution < 1.29 is 14.3 Å². The number of urea groups is 1. The van der Waals surface area contributed by atoms with E-state index in [1.54, 1.807) is 7.11 Å². The number of rotatable bonds is 6. The highest BCUT2D eigenvalue weighted by Crippen LogP contribution is 2.38. The summed E-state index contributed by atoms with van der Waals surface area (Å²) in [5.74, 6) is 0.721. The van der Waals surface area contributed by atoms with Gasteiger partial charge in [-0.3, -0.25) is 0 Å². The van der Waals surface area contributed by atoms with Crippen LogP contribution in [-0.4, -0.2) is 38.4 Å². The summed E-state index contributed by atoms with van der Waals surface area (Å²) in [7, 11) is 1.66. The summed E-state index contributed by atoms with van der Waals surface area (Å²) in [6, 6.07) is 10.0. The molecule has 0 unspecified atom stereocenters. The second-order valence-corrected chi connectivity index (χ2v) is 6.46. The highest BCUT2D eigenvalue weighted by molar-refractivity contribution is 5.74. The maximum absolute atomic E-state index is 12.1. The molecule has 1 heterocycles. The van der Waals surface area contributed by atoms with Gasteiger partial charge in [0.15, 0.2) is 0 Å². The van der Waals surface area contributed by atoms with Gasteiger partial charge in [-0.25, -0.2) is 4.79 Å². The molecule has 2 amide bonds. The van der Waals surface area contributed by atoms with E-state index in [4.69, 9.17) is 9.47 Å². The third kappa shape index (κ3) is 4.69. The molecule has 1 saturated carbocycles. The number of nitrogens with one attached hydrogen (secondary N) is 2. The van der Waals surface area contributed by atoms with Crippen LogP contribution in [0.2, 0.25) is 0 Å². The molecule has 5 nitrogen and oxygen atoms in total. The molecule has 0 bridgehead atoms. The van der Waals surface area contributed by atoms with Crippen molar-refractivity contribution in [2.45, 2.75) is 43.9 Å². The molecule has 0 spiro atoms. The van der Waals surface area contributed by atoms with E-state index in [2.05, 4.69) is 10.6 Å². The van der Waals surface area contributed by atoms with Crippen LogP contribution < -0.4 is 10.6 Å². The van der Waals surface area contributed by atoms with Crippen LogP contribution in [0.1, 0.15) is 37.4 Å². The lowest BCUT2D eigenvalue weighted by atomic mass is 10.0. The van der Waals surface area contributed by atoms with Gasteiger partial charge in [0.1, 0.15) is 0 Å². The average Bonchev–Trinajstić information content (AvgIpc) is 3.42. The number of carbonyl (C=O) groups is 1. The number of methoxy groups -OCH3 is 1. The van der Waals surface area contributed by atoms with Crippen LogP contribution in [-0.2, 0) is 9.47 Å². The topological polar surface area (TPSA) is 59.6 Å². The number of benzene rings is 1. The second kappa shape index (κ2) is 7.79. The monoisotopic (exact) mass is 318 g/mol. The van der Waals surface area contributed by atoms with Gasteiger partial charge in [0.25, 0.3) is 0 Å². The van der Waals surface area contributed by atoms with Crippen LogP contribution in [0.15, 0.2) is 30.3 Å². The Labute approximate surface area is 137 Å². The molecule has 2 N–H and O–H groups in total. The fourth-order valence-electron chi connectivity index (χ4n) is 3.18. The van der Waals surface area contributed by atoms with Crippen molar-refractivity contribution in [2.75, 3.05) is 20.3 Å². The lowest BCUT2D eigenvalue weighted by Gasteiger charge is -2.30. The number of carbonyl (C=O) groups excluding carboxylic acids is 1. The Kier molecular flexibility index (Phi) is 5.51. The Morgan fingerprint density at radius 3 is 2.78 bits per heavy atom. The van der Waals surface area contributed by atoms with Crippen LogP contribution in [0.5, 0.6) is 0 Å². The standard InChI is InChI=1S/C18H26N2O3/c1-22-17(13-5-3-2-4-6-13)12-19-18(21)20-15-9-10-23-16(11-15)14-7-8-14/h2-6,14-17H,7-12H2,1H3,(H2,19,20,21)/t15-,16+,17-/m1/s1. The molecule has 1 aromatic rings. The van der Waals surface area contributed by atoms with E-state index in [1.165, 1.54) is 12.8 Å². The SMILES string of the molecule is CO[C@H](CNC(=O)N[C@@H]1CCO[C@H](C2CC2)C1)c1ccccc1. The first-order valence-electron chi connectivity index (χ1n) is 8.50. The van der Waals surface area contributed by atoms with Gasteiger partial charge in [0.05, 0.1) is 12.2 Å². The van der Waals surface area contributed by atoms with Gasteiger partial charge in [0.2, 0.25) is 0 Å². The third-order valence-electron chi connectivity index (χ3n) is 4.70. The van der Waals surface area contributed by atoms with E-state index in [9.17, 15) is 4.79 Å². The van der Waals surface area contributed by atoms with Crippen molar-refractivity contribution in [3.8, 4) is 0 Å². The number of hydrogen-bond acceptors (Lipinski definition) is 3. The van der Waals surface area contributed by atoms with Gasteiger partial charge >= 0.3 is 6.03 Å². The van der Waals surface area contributed by atoms with Gasteiger partial charge in [-0.2, -0.15) is 0 Å². The van der Waals surface area contributed by atoms with Crippen LogP contribution >= 0.6 is 0 Å². The van der Waals surface area contributed by atoms with Crippen LogP contribution in [0, 0.1) is 5.92 Å². The molecule has 126 valence electrons. The highest BCUT2D eigenvalue weighted by atomic mass is 16.5. The number of amides is 2. The van der Waals surface area contributed by atoms with E-state index >= 15 is 0 Å². The molecule has 1 aliphatic carbocycles. The predicted molar refractivity (Wildman–Crippen MR) is 88.2 cm³/mol. The maximum atomic E-state index is 12.1. The number of hydrogen-bond donors (Lipinski definition) is 2. The smallest absolute Gasteiger partial charge is 0.315 e. The van der Waals surface area contributed by atoms with E-state index in [0.717, 1.165) is 30.9 Å².